The highest BCUT2D eigenvalue weighted by molar-refractivity contribution is 14.0. The number of nitrogens with one attached hydrogen (secondary N) is 2. The first-order valence-electron chi connectivity index (χ1n) is 8.83. The lowest BCUT2D eigenvalue weighted by Gasteiger charge is -2.18. The second-order valence-corrected chi connectivity index (χ2v) is 6.09. The molecule has 0 saturated heterocycles. The van der Waals surface area contributed by atoms with Crippen LogP contribution in [0.5, 0.6) is 11.5 Å². The number of halogens is 2. The molecule has 4 N–H and O–H groups in total. The molecule has 158 valence electrons. The number of aliphatic imine (C=N–C) groups is 1. The van der Waals surface area contributed by atoms with Crippen molar-refractivity contribution in [2.45, 2.75) is 19.6 Å². The first-order chi connectivity index (χ1) is 13.5. The lowest BCUT2D eigenvalue weighted by Crippen LogP contribution is -2.41. The molecule has 1 atom stereocenters. The predicted octanol–water partition coefficient (Wildman–Crippen LogP) is 2.44. The van der Waals surface area contributed by atoms with Crippen LogP contribution in [0.3, 0.4) is 0 Å². The van der Waals surface area contributed by atoms with Crippen molar-refractivity contribution in [3.05, 3.63) is 59.9 Å². The minimum atomic E-state index is -0.525. The number of ether oxygens (including phenoxy) is 2. The molecule has 0 saturated carbocycles. The molecule has 1 unspecified atom stereocenters. The number of amides is 1. The quantitative estimate of drug-likeness (QED) is 0.270. The van der Waals surface area contributed by atoms with Crippen LogP contribution in [0.25, 0.3) is 0 Å². The Balaban J connectivity index is 0.00000420. The normalized spacial score (nSPS) is 11.8. The summed E-state index contributed by atoms with van der Waals surface area (Å²) in [5.41, 5.74) is 6.03. The maximum Gasteiger partial charge on any atom is 0.255 e. The van der Waals surface area contributed by atoms with Crippen LogP contribution in [-0.4, -0.2) is 38.2 Å². The summed E-state index contributed by atoms with van der Waals surface area (Å²) >= 11 is 0. The van der Waals surface area contributed by atoms with Gasteiger partial charge in [-0.3, -0.25) is 9.79 Å². The molecule has 0 spiro atoms. The Morgan fingerprint density at radius 2 is 1.90 bits per heavy atom. The van der Waals surface area contributed by atoms with E-state index in [0.717, 1.165) is 5.56 Å². The molecule has 2 rings (SSSR count). The maximum absolute atomic E-state index is 13.2. The Kier molecular flexibility index (Phi) is 10.8. The van der Waals surface area contributed by atoms with Gasteiger partial charge in [0, 0.05) is 19.7 Å². The highest BCUT2D eigenvalue weighted by Gasteiger charge is 2.07. The summed E-state index contributed by atoms with van der Waals surface area (Å²) in [6.07, 6.45) is -0.189. The average molecular weight is 516 g/mol. The number of benzene rings is 2. The molecule has 0 radical (unpaired) electrons. The van der Waals surface area contributed by atoms with Gasteiger partial charge >= 0.3 is 0 Å². The Labute approximate surface area is 186 Å². The highest BCUT2D eigenvalue weighted by Crippen LogP contribution is 2.14. The Hall–Kier alpha value is -2.56. The van der Waals surface area contributed by atoms with E-state index in [2.05, 4.69) is 15.6 Å². The number of rotatable bonds is 9. The third-order valence-electron chi connectivity index (χ3n) is 3.65. The number of carbonyl (C=O) groups is 1. The molecular formula is C20H26FIN4O3. The number of hydrogen-bond donors (Lipinski definition) is 3. The third-order valence-corrected chi connectivity index (χ3v) is 3.65. The average Bonchev–Trinajstić information content (AvgIpc) is 2.67. The van der Waals surface area contributed by atoms with E-state index in [-0.39, 0.29) is 42.5 Å². The molecule has 2 aromatic carbocycles. The van der Waals surface area contributed by atoms with Crippen molar-refractivity contribution >= 4 is 35.8 Å². The summed E-state index contributed by atoms with van der Waals surface area (Å²) in [6, 6.07) is 13.4. The van der Waals surface area contributed by atoms with E-state index in [1.165, 1.54) is 12.1 Å². The molecule has 7 nitrogen and oxygen atoms in total. The van der Waals surface area contributed by atoms with Gasteiger partial charge < -0.3 is 25.8 Å². The topological polar surface area (TPSA) is 98.0 Å². The molecule has 0 aliphatic heterocycles. The molecule has 29 heavy (non-hydrogen) atoms. The summed E-state index contributed by atoms with van der Waals surface area (Å²) in [5.74, 6) is 0.779. The SMILES string of the molecule is CN=C(NCc1cccc(OCC(N)=O)c1)NCC(C)Oc1cccc(F)c1.I. The number of primary amides is 1. The fourth-order valence-electron chi connectivity index (χ4n) is 2.36. The smallest absolute Gasteiger partial charge is 0.255 e. The molecule has 0 bridgehead atoms. The summed E-state index contributed by atoms with van der Waals surface area (Å²) in [7, 11) is 1.67. The fourth-order valence-corrected chi connectivity index (χ4v) is 2.36. The van der Waals surface area contributed by atoms with E-state index in [1.807, 2.05) is 25.1 Å². The maximum atomic E-state index is 13.2. The molecule has 0 fully saturated rings. The van der Waals surface area contributed by atoms with Crippen LogP contribution >= 0.6 is 24.0 Å². The van der Waals surface area contributed by atoms with Crippen LogP contribution in [0.4, 0.5) is 4.39 Å². The van der Waals surface area contributed by atoms with Crippen LogP contribution in [0.2, 0.25) is 0 Å². The zero-order valence-corrected chi connectivity index (χ0v) is 18.7. The molecule has 0 aliphatic rings. The number of guanidine groups is 1. The van der Waals surface area contributed by atoms with Crippen molar-refractivity contribution in [2.24, 2.45) is 10.7 Å². The van der Waals surface area contributed by atoms with Gasteiger partial charge in [-0.15, -0.1) is 24.0 Å². The second-order valence-electron chi connectivity index (χ2n) is 6.09. The Bertz CT molecular complexity index is 820. The van der Waals surface area contributed by atoms with Gasteiger partial charge in [0.2, 0.25) is 0 Å². The van der Waals surface area contributed by atoms with E-state index in [4.69, 9.17) is 15.2 Å². The van der Waals surface area contributed by atoms with Gasteiger partial charge in [0.1, 0.15) is 23.4 Å². The molecule has 0 heterocycles. The van der Waals surface area contributed by atoms with Crippen molar-refractivity contribution in [3.8, 4) is 11.5 Å². The van der Waals surface area contributed by atoms with E-state index in [0.29, 0.717) is 30.5 Å². The monoisotopic (exact) mass is 516 g/mol. The van der Waals surface area contributed by atoms with Crippen molar-refractivity contribution in [2.75, 3.05) is 20.2 Å². The molecule has 2 aromatic rings. The standard InChI is InChI=1S/C20H25FN4O3.HI/c1-14(28-18-8-4-6-16(21)10-18)11-24-20(23-2)25-12-15-5-3-7-17(9-15)27-13-19(22)26;/h3-10,14H,11-13H2,1-2H3,(H2,22,26)(H2,23,24,25);1H. The number of nitrogens with zero attached hydrogens (tertiary/aromatic N) is 1. The van der Waals surface area contributed by atoms with E-state index >= 15 is 0 Å². The Morgan fingerprint density at radius 1 is 1.17 bits per heavy atom. The zero-order valence-electron chi connectivity index (χ0n) is 16.4. The minimum Gasteiger partial charge on any atom is -0.489 e. The summed E-state index contributed by atoms with van der Waals surface area (Å²) in [5, 5.41) is 6.34. The minimum absolute atomic E-state index is 0. The number of nitrogens with two attached hydrogens (primary N) is 1. The first-order valence-corrected chi connectivity index (χ1v) is 8.83. The van der Waals surface area contributed by atoms with Gasteiger partial charge in [-0.25, -0.2) is 4.39 Å². The largest absolute Gasteiger partial charge is 0.489 e. The molecular weight excluding hydrogens is 490 g/mol. The van der Waals surface area contributed by atoms with Crippen LogP contribution in [0.1, 0.15) is 12.5 Å². The molecule has 9 heteroatoms. The highest BCUT2D eigenvalue weighted by atomic mass is 127. The van der Waals surface area contributed by atoms with E-state index in [1.54, 1.807) is 25.2 Å². The van der Waals surface area contributed by atoms with Crippen LogP contribution in [0, 0.1) is 5.82 Å². The zero-order chi connectivity index (χ0) is 20.4. The third kappa shape index (κ3) is 9.46. The van der Waals surface area contributed by atoms with Crippen LogP contribution in [0.15, 0.2) is 53.5 Å². The molecule has 1 amide bonds. The predicted molar refractivity (Wildman–Crippen MR) is 121 cm³/mol. The van der Waals surface area contributed by atoms with Crippen molar-refractivity contribution in [1.29, 1.82) is 0 Å². The van der Waals surface area contributed by atoms with Gasteiger partial charge in [-0.05, 0) is 36.8 Å². The van der Waals surface area contributed by atoms with Gasteiger partial charge in [0.25, 0.3) is 5.91 Å². The summed E-state index contributed by atoms with van der Waals surface area (Å²) in [4.78, 5) is 15.0. The van der Waals surface area contributed by atoms with Crippen molar-refractivity contribution < 1.29 is 18.7 Å². The second kappa shape index (κ2) is 12.8. The fraction of sp³-hybridized carbons (Fsp3) is 0.300. The number of hydrogen-bond acceptors (Lipinski definition) is 4. The van der Waals surface area contributed by atoms with Crippen LogP contribution in [-0.2, 0) is 11.3 Å². The first kappa shape index (κ1) is 24.5. The van der Waals surface area contributed by atoms with Gasteiger partial charge in [0.05, 0.1) is 6.54 Å². The summed E-state index contributed by atoms with van der Waals surface area (Å²) in [6.45, 7) is 2.71. The summed E-state index contributed by atoms with van der Waals surface area (Å²) < 4.78 is 24.2. The Morgan fingerprint density at radius 3 is 2.59 bits per heavy atom. The van der Waals surface area contributed by atoms with Crippen molar-refractivity contribution in [3.63, 3.8) is 0 Å². The van der Waals surface area contributed by atoms with E-state index in [9.17, 15) is 9.18 Å². The lowest BCUT2D eigenvalue weighted by atomic mass is 10.2. The van der Waals surface area contributed by atoms with Gasteiger partial charge in [0.15, 0.2) is 12.6 Å². The van der Waals surface area contributed by atoms with E-state index < -0.39 is 5.91 Å². The van der Waals surface area contributed by atoms with Crippen LogP contribution < -0.4 is 25.8 Å². The van der Waals surface area contributed by atoms with Crippen molar-refractivity contribution in [1.82, 2.24) is 10.6 Å². The van der Waals surface area contributed by atoms with Gasteiger partial charge in [-0.1, -0.05) is 18.2 Å². The lowest BCUT2D eigenvalue weighted by molar-refractivity contribution is -0.119. The molecule has 0 aliphatic carbocycles. The molecule has 0 aromatic heterocycles. The number of carbonyl (C=O) groups excluding carboxylic acids is 1. The van der Waals surface area contributed by atoms with Gasteiger partial charge in [-0.2, -0.15) is 0 Å².